The van der Waals surface area contributed by atoms with E-state index >= 15 is 0 Å². The molecular formula is C42H41Cl2N3O4. The van der Waals surface area contributed by atoms with Gasteiger partial charge in [-0.2, -0.15) is 0 Å². The molecule has 0 unspecified atom stereocenters. The van der Waals surface area contributed by atoms with Crippen molar-refractivity contribution in [1.29, 1.82) is 0 Å². The molecule has 5 aromatic rings. The predicted molar refractivity (Wildman–Crippen MR) is 204 cm³/mol. The van der Waals surface area contributed by atoms with Gasteiger partial charge in [0.25, 0.3) is 0 Å². The van der Waals surface area contributed by atoms with Crippen molar-refractivity contribution in [3.63, 3.8) is 0 Å². The number of halogens is 2. The van der Waals surface area contributed by atoms with Gasteiger partial charge in [0.2, 0.25) is 11.8 Å². The van der Waals surface area contributed by atoms with Gasteiger partial charge < -0.3 is 19.1 Å². The number of aryl methyl sites for hydroxylation is 2. The number of carbonyl (C=O) groups is 1. The van der Waals surface area contributed by atoms with Gasteiger partial charge >= 0.3 is 0 Å². The minimum Gasteiger partial charge on any atom is -0.493 e. The summed E-state index contributed by atoms with van der Waals surface area (Å²) in [5, 5.41) is 1.09. The molecular weight excluding hydrogens is 681 g/mol. The lowest BCUT2D eigenvalue weighted by molar-refractivity contribution is -0.127. The van der Waals surface area contributed by atoms with E-state index in [0.29, 0.717) is 53.7 Å². The molecule has 1 amide bonds. The standard InChI is InChI=1S/C42H41Cl2N3O4/c1-30-7-14-36(15-8-30)49-24-19-32-9-11-33(12-10-32)28-46-20-22-47(23-21-46)41(48)18-13-34-25-31(2)42(39(44)26-34)51-40-17-16-37(27-45-40)50-29-35-5-3-4-6-38(35)43/h3-18,25-27H,19-24,28-29H2,1-2H3/b18-13+. The lowest BCUT2D eigenvalue weighted by Crippen LogP contribution is -2.47. The van der Waals surface area contributed by atoms with Crippen molar-refractivity contribution in [3.05, 3.63) is 153 Å². The molecule has 0 radical (unpaired) electrons. The Morgan fingerprint density at radius 3 is 2.24 bits per heavy atom. The number of amides is 1. The van der Waals surface area contributed by atoms with Crippen molar-refractivity contribution in [2.24, 2.45) is 0 Å². The van der Waals surface area contributed by atoms with Crippen LogP contribution in [0, 0.1) is 13.8 Å². The first-order valence-corrected chi connectivity index (χ1v) is 17.8. The van der Waals surface area contributed by atoms with Crippen molar-refractivity contribution in [2.75, 3.05) is 32.8 Å². The van der Waals surface area contributed by atoms with E-state index < -0.39 is 0 Å². The maximum Gasteiger partial charge on any atom is 0.246 e. The van der Waals surface area contributed by atoms with Crippen LogP contribution < -0.4 is 14.2 Å². The third kappa shape index (κ3) is 10.4. The van der Waals surface area contributed by atoms with E-state index in [2.05, 4.69) is 53.2 Å². The molecule has 7 nitrogen and oxygen atoms in total. The average molecular weight is 723 g/mol. The van der Waals surface area contributed by atoms with Gasteiger partial charge in [0.15, 0.2) is 5.75 Å². The van der Waals surface area contributed by atoms with Crippen LogP contribution in [-0.2, 0) is 24.4 Å². The summed E-state index contributed by atoms with van der Waals surface area (Å²) in [6.45, 7) is 8.84. The summed E-state index contributed by atoms with van der Waals surface area (Å²) in [5.74, 6) is 2.38. The molecule has 2 heterocycles. The molecule has 0 aliphatic carbocycles. The minimum atomic E-state index is -0.0120. The second kappa shape index (κ2) is 17.4. The highest BCUT2D eigenvalue weighted by Gasteiger charge is 2.20. The summed E-state index contributed by atoms with van der Waals surface area (Å²) in [6, 6.07) is 31.7. The molecule has 1 aromatic heterocycles. The number of benzene rings is 4. The highest BCUT2D eigenvalue weighted by molar-refractivity contribution is 6.32. The molecule has 0 bridgehead atoms. The van der Waals surface area contributed by atoms with Gasteiger partial charge in [0.05, 0.1) is 17.8 Å². The van der Waals surface area contributed by atoms with Crippen molar-refractivity contribution in [1.82, 2.24) is 14.8 Å². The lowest BCUT2D eigenvalue weighted by Gasteiger charge is -2.34. The highest BCUT2D eigenvalue weighted by Crippen LogP contribution is 2.34. The van der Waals surface area contributed by atoms with Gasteiger partial charge in [-0.3, -0.25) is 9.69 Å². The third-order valence-corrected chi connectivity index (χ3v) is 9.38. The van der Waals surface area contributed by atoms with Gasteiger partial charge in [-0.15, -0.1) is 0 Å². The normalized spacial score (nSPS) is 13.4. The highest BCUT2D eigenvalue weighted by atomic mass is 35.5. The average Bonchev–Trinajstić information content (AvgIpc) is 3.14. The number of carbonyl (C=O) groups excluding carboxylic acids is 1. The summed E-state index contributed by atoms with van der Waals surface area (Å²) in [6.07, 6.45) is 5.88. The number of hydrogen-bond acceptors (Lipinski definition) is 6. The minimum absolute atomic E-state index is 0.0120. The van der Waals surface area contributed by atoms with E-state index in [1.54, 1.807) is 36.5 Å². The molecule has 9 heteroatoms. The second-order valence-electron chi connectivity index (χ2n) is 12.6. The molecule has 6 rings (SSSR count). The number of rotatable bonds is 13. The first-order valence-electron chi connectivity index (χ1n) is 17.1. The topological polar surface area (TPSA) is 64.1 Å². The first kappa shape index (κ1) is 36.0. The van der Waals surface area contributed by atoms with Gasteiger partial charge in [0, 0.05) is 61.9 Å². The van der Waals surface area contributed by atoms with Crippen LogP contribution in [0.2, 0.25) is 10.0 Å². The zero-order chi connectivity index (χ0) is 35.6. The van der Waals surface area contributed by atoms with Gasteiger partial charge in [-0.05, 0) is 78.6 Å². The Kier molecular flexibility index (Phi) is 12.3. The Morgan fingerprint density at radius 1 is 0.804 bits per heavy atom. The fraction of sp³-hybridized carbons (Fsp3) is 0.238. The second-order valence-corrected chi connectivity index (χ2v) is 13.4. The van der Waals surface area contributed by atoms with Crippen LogP contribution in [0.1, 0.15) is 33.4 Å². The van der Waals surface area contributed by atoms with Gasteiger partial charge in [-0.25, -0.2) is 4.98 Å². The zero-order valence-electron chi connectivity index (χ0n) is 28.9. The Bertz CT molecular complexity index is 1920. The Balaban J connectivity index is 0.935. The number of hydrogen-bond donors (Lipinski definition) is 0. The summed E-state index contributed by atoms with van der Waals surface area (Å²) in [7, 11) is 0. The van der Waals surface area contributed by atoms with Crippen LogP contribution >= 0.6 is 23.2 Å². The van der Waals surface area contributed by atoms with Crippen LogP contribution in [0.3, 0.4) is 0 Å². The maximum atomic E-state index is 13.0. The van der Waals surface area contributed by atoms with E-state index in [1.807, 2.05) is 54.3 Å². The number of aromatic nitrogens is 1. The number of ether oxygens (including phenoxy) is 3. The Hall–Kier alpha value is -4.82. The summed E-state index contributed by atoms with van der Waals surface area (Å²) in [4.78, 5) is 21.7. The van der Waals surface area contributed by atoms with Crippen LogP contribution in [0.4, 0.5) is 0 Å². The van der Waals surface area contributed by atoms with E-state index in [-0.39, 0.29) is 5.91 Å². The molecule has 0 N–H and O–H groups in total. The van der Waals surface area contributed by atoms with E-state index in [4.69, 9.17) is 37.4 Å². The molecule has 1 fully saturated rings. The molecule has 4 aromatic carbocycles. The first-order chi connectivity index (χ1) is 24.8. The zero-order valence-corrected chi connectivity index (χ0v) is 30.4. The van der Waals surface area contributed by atoms with E-state index in [0.717, 1.165) is 48.5 Å². The Morgan fingerprint density at radius 2 is 1.53 bits per heavy atom. The van der Waals surface area contributed by atoms with E-state index in [9.17, 15) is 4.79 Å². The summed E-state index contributed by atoms with van der Waals surface area (Å²) >= 11 is 12.8. The summed E-state index contributed by atoms with van der Waals surface area (Å²) in [5.41, 5.74) is 6.29. The SMILES string of the molecule is Cc1ccc(OCCc2ccc(CN3CCN(C(=O)/C=C/c4cc(C)c(Oc5ccc(OCc6ccccc6Cl)cn5)c(Cl)c4)CC3)cc2)cc1. The molecule has 1 saturated heterocycles. The van der Waals surface area contributed by atoms with Gasteiger partial charge in [-0.1, -0.05) is 83.4 Å². The molecule has 1 aliphatic rings. The fourth-order valence-electron chi connectivity index (χ4n) is 5.77. The van der Waals surface area contributed by atoms with Crippen molar-refractivity contribution >= 4 is 35.2 Å². The van der Waals surface area contributed by atoms with E-state index in [1.165, 1.54) is 16.7 Å². The molecule has 1 aliphatic heterocycles. The molecule has 51 heavy (non-hydrogen) atoms. The summed E-state index contributed by atoms with van der Waals surface area (Å²) < 4.78 is 17.7. The number of pyridine rings is 1. The molecule has 0 atom stereocenters. The molecule has 0 spiro atoms. The number of nitrogens with zero attached hydrogens (tertiary/aromatic N) is 3. The Labute approximate surface area is 310 Å². The fourth-order valence-corrected chi connectivity index (χ4v) is 6.27. The smallest absolute Gasteiger partial charge is 0.246 e. The van der Waals surface area contributed by atoms with Crippen molar-refractivity contribution in [2.45, 2.75) is 33.4 Å². The van der Waals surface area contributed by atoms with Crippen LogP contribution in [0.15, 0.2) is 109 Å². The largest absolute Gasteiger partial charge is 0.493 e. The van der Waals surface area contributed by atoms with Crippen molar-refractivity contribution < 1.29 is 19.0 Å². The van der Waals surface area contributed by atoms with Crippen LogP contribution in [-0.4, -0.2) is 53.5 Å². The maximum absolute atomic E-state index is 13.0. The van der Waals surface area contributed by atoms with Crippen molar-refractivity contribution in [3.8, 4) is 23.1 Å². The molecule has 0 saturated carbocycles. The quantitative estimate of drug-likeness (QED) is 0.113. The van der Waals surface area contributed by atoms with Crippen LogP contribution in [0.25, 0.3) is 6.08 Å². The molecule has 262 valence electrons. The number of piperazine rings is 1. The lowest BCUT2D eigenvalue weighted by atomic mass is 10.1. The van der Waals surface area contributed by atoms with Gasteiger partial charge in [0.1, 0.15) is 18.1 Å². The predicted octanol–water partition coefficient (Wildman–Crippen LogP) is 9.36. The monoisotopic (exact) mass is 721 g/mol. The third-order valence-electron chi connectivity index (χ3n) is 8.73. The van der Waals surface area contributed by atoms with Crippen LogP contribution in [0.5, 0.6) is 23.1 Å².